The lowest BCUT2D eigenvalue weighted by Crippen LogP contribution is -2.12. The Morgan fingerprint density at radius 3 is 2.77 bits per heavy atom. The second-order valence-corrected chi connectivity index (χ2v) is 4.44. The van der Waals surface area contributed by atoms with Gasteiger partial charge in [-0.25, -0.2) is 0 Å². The van der Waals surface area contributed by atoms with Crippen LogP contribution in [0.4, 0.5) is 0 Å². The molecule has 1 saturated carbocycles. The molecular weight excluding hydrogens is 182 g/mol. The molecule has 0 unspecified atom stereocenters. The van der Waals surface area contributed by atoms with Crippen molar-refractivity contribution in [3.05, 3.63) is 34.9 Å². The zero-order valence-corrected chi connectivity index (χ0v) is 8.51. The maximum atomic E-state index is 6.13. The Hall–Kier alpha value is -0.530. The summed E-state index contributed by atoms with van der Waals surface area (Å²) >= 11 is 6.13. The topological polar surface area (TPSA) is 26.0 Å². The van der Waals surface area contributed by atoms with Gasteiger partial charge in [0.25, 0.3) is 0 Å². The molecule has 0 saturated heterocycles. The molecule has 1 aromatic rings. The Kier molecular flexibility index (Phi) is 2.09. The first-order valence-corrected chi connectivity index (χ1v) is 5.01. The fraction of sp³-hybridized carbons (Fsp3) is 0.455. The van der Waals surface area contributed by atoms with E-state index in [0.29, 0.717) is 5.92 Å². The lowest BCUT2D eigenvalue weighted by atomic mass is 9.95. The monoisotopic (exact) mass is 195 g/mol. The summed E-state index contributed by atoms with van der Waals surface area (Å²) in [7, 11) is 0. The summed E-state index contributed by atoms with van der Waals surface area (Å²) in [4.78, 5) is 0. The highest BCUT2D eigenvalue weighted by atomic mass is 35.5. The van der Waals surface area contributed by atoms with Crippen molar-refractivity contribution in [2.24, 2.45) is 11.7 Å². The Morgan fingerprint density at radius 1 is 1.54 bits per heavy atom. The molecule has 2 heteroatoms. The first-order valence-electron chi connectivity index (χ1n) is 4.63. The third kappa shape index (κ3) is 1.36. The second-order valence-electron chi connectivity index (χ2n) is 4.03. The summed E-state index contributed by atoms with van der Waals surface area (Å²) in [6.45, 7) is 3.01. The molecule has 2 atom stereocenters. The molecule has 70 valence electrons. The highest BCUT2D eigenvalue weighted by molar-refractivity contribution is 6.31. The first kappa shape index (κ1) is 9.04. The summed E-state index contributed by atoms with van der Waals surface area (Å²) in [5, 5.41) is 0.876. The Labute approximate surface area is 83.9 Å². The van der Waals surface area contributed by atoms with Gasteiger partial charge in [0, 0.05) is 5.02 Å². The lowest BCUT2D eigenvalue weighted by molar-refractivity contribution is 0.666. The quantitative estimate of drug-likeness (QED) is 0.772. The van der Waals surface area contributed by atoms with Crippen molar-refractivity contribution in [1.82, 2.24) is 0 Å². The van der Waals surface area contributed by atoms with E-state index in [2.05, 4.69) is 13.0 Å². The van der Waals surface area contributed by atoms with Gasteiger partial charge in [0.2, 0.25) is 0 Å². The normalized spacial score (nSPS) is 31.8. The van der Waals surface area contributed by atoms with Gasteiger partial charge in [0.05, 0.1) is 0 Å². The van der Waals surface area contributed by atoms with Crippen LogP contribution in [0.2, 0.25) is 5.02 Å². The maximum Gasteiger partial charge on any atom is 0.0443 e. The minimum Gasteiger partial charge on any atom is -0.330 e. The molecule has 2 rings (SSSR count). The van der Waals surface area contributed by atoms with Crippen molar-refractivity contribution in [1.29, 1.82) is 0 Å². The Bertz CT molecular complexity index is 324. The number of hydrogen-bond acceptors (Lipinski definition) is 1. The molecule has 0 radical (unpaired) electrons. The van der Waals surface area contributed by atoms with Crippen LogP contribution in [0, 0.1) is 5.92 Å². The van der Waals surface area contributed by atoms with E-state index >= 15 is 0 Å². The van der Waals surface area contributed by atoms with Crippen molar-refractivity contribution in [2.75, 3.05) is 6.54 Å². The van der Waals surface area contributed by atoms with E-state index in [1.807, 2.05) is 18.2 Å². The van der Waals surface area contributed by atoms with Crippen LogP contribution < -0.4 is 5.73 Å². The summed E-state index contributed by atoms with van der Waals surface area (Å²) in [5.74, 6) is 0.618. The number of halogens is 1. The average molecular weight is 196 g/mol. The molecule has 0 amide bonds. The zero-order valence-electron chi connectivity index (χ0n) is 7.76. The molecule has 1 fully saturated rings. The summed E-state index contributed by atoms with van der Waals surface area (Å²) in [6.07, 6.45) is 1.17. The first-order chi connectivity index (χ1) is 6.18. The average Bonchev–Trinajstić information content (AvgIpc) is 2.79. The summed E-state index contributed by atoms with van der Waals surface area (Å²) in [5.41, 5.74) is 7.15. The third-order valence-electron chi connectivity index (χ3n) is 3.19. The highest BCUT2D eigenvalue weighted by Crippen LogP contribution is 2.54. The van der Waals surface area contributed by atoms with E-state index < -0.39 is 0 Å². The van der Waals surface area contributed by atoms with Gasteiger partial charge in [0.15, 0.2) is 0 Å². The SMILES string of the molecule is C[C@@]1(c2ccccc2Cl)C[C@H]1CN. The molecule has 0 aliphatic heterocycles. The van der Waals surface area contributed by atoms with Gasteiger partial charge >= 0.3 is 0 Å². The largest absolute Gasteiger partial charge is 0.330 e. The van der Waals surface area contributed by atoms with E-state index in [9.17, 15) is 0 Å². The van der Waals surface area contributed by atoms with Gasteiger partial charge in [-0.05, 0) is 35.9 Å². The molecule has 0 bridgehead atoms. The molecule has 13 heavy (non-hydrogen) atoms. The molecule has 1 aliphatic rings. The number of hydrogen-bond donors (Lipinski definition) is 1. The van der Waals surface area contributed by atoms with Crippen LogP contribution in [-0.4, -0.2) is 6.54 Å². The van der Waals surface area contributed by atoms with Crippen LogP contribution in [0.3, 0.4) is 0 Å². The van der Waals surface area contributed by atoms with E-state index in [-0.39, 0.29) is 5.41 Å². The van der Waals surface area contributed by atoms with Crippen molar-refractivity contribution in [3.63, 3.8) is 0 Å². The molecule has 1 aliphatic carbocycles. The van der Waals surface area contributed by atoms with Crippen LogP contribution in [-0.2, 0) is 5.41 Å². The minimum absolute atomic E-state index is 0.243. The van der Waals surface area contributed by atoms with Crippen LogP contribution >= 0.6 is 11.6 Å². The fourth-order valence-corrected chi connectivity index (χ4v) is 2.40. The van der Waals surface area contributed by atoms with Crippen LogP contribution in [0.15, 0.2) is 24.3 Å². The van der Waals surface area contributed by atoms with Crippen LogP contribution in [0.1, 0.15) is 18.9 Å². The molecular formula is C11H14ClN. The summed E-state index contributed by atoms with van der Waals surface area (Å²) in [6, 6.07) is 8.07. The maximum absolute atomic E-state index is 6.13. The van der Waals surface area contributed by atoms with Crippen LogP contribution in [0.25, 0.3) is 0 Å². The van der Waals surface area contributed by atoms with Crippen LogP contribution in [0.5, 0.6) is 0 Å². The van der Waals surface area contributed by atoms with Gasteiger partial charge < -0.3 is 5.73 Å². The number of nitrogens with two attached hydrogens (primary N) is 1. The summed E-state index contributed by atoms with van der Waals surface area (Å²) < 4.78 is 0. The molecule has 0 heterocycles. The number of rotatable bonds is 2. The van der Waals surface area contributed by atoms with Gasteiger partial charge in [-0.3, -0.25) is 0 Å². The number of benzene rings is 1. The van der Waals surface area contributed by atoms with Crippen molar-refractivity contribution in [3.8, 4) is 0 Å². The predicted molar refractivity (Wildman–Crippen MR) is 56.0 cm³/mol. The second kappa shape index (κ2) is 3.00. The van der Waals surface area contributed by atoms with E-state index in [0.717, 1.165) is 11.6 Å². The van der Waals surface area contributed by atoms with Gasteiger partial charge in [-0.2, -0.15) is 0 Å². The Balaban J connectivity index is 2.32. The standard InChI is InChI=1S/C11H14ClN/c1-11(6-8(11)7-13)9-4-2-3-5-10(9)12/h2-5,8H,6-7,13H2,1H3/t8-,11+/m0/s1. The molecule has 0 aromatic heterocycles. The Morgan fingerprint density at radius 2 is 2.23 bits per heavy atom. The van der Waals surface area contributed by atoms with Gasteiger partial charge in [-0.1, -0.05) is 36.7 Å². The smallest absolute Gasteiger partial charge is 0.0443 e. The van der Waals surface area contributed by atoms with Gasteiger partial charge in [-0.15, -0.1) is 0 Å². The van der Waals surface area contributed by atoms with Gasteiger partial charge in [0.1, 0.15) is 0 Å². The minimum atomic E-state index is 0.243. The van der Waals surface area contributed by atoms with Crippen molar-refractivity contribution < 1.29 is 0 Å². The predicted octanol–water partition coefficient (Wildman–Crippen LogP) is 2.58. The van der Waals surface area contributed by atoms with Crippen molar-refractivity contribution >= 4 is 11.6 Å². The van der Waals surface area contributed by atoms with Crippen molar-refractivity contribution in [2.45, 2.75) is 18.8 Å². The third-order valence-corrected chi connectivity index (χ3v) is 3.51. The zero-order chi connectivity index (χ0) is 9.47. The van der Waals surface area contributed by atoms with E-state index in [4.69, 9.17) is 17.3 Å². The molecule has 1 aromatic carbocycles. The lowest BCUT2D eigenvalue weighted by Gasteiger charge is -2.12. The fourth-order valence-electron chi connectivity index (χ4n) is 2.05. The highest BCUT2D eigenvalue weighted by Gasteiger charge is 2.50. The molecule has 2 N–H and O–H groups in total. The van der Waals surface area contributed by atoms with E-state index in [1.165, 1.54) is 12.0 Å². The molecule has 1 nitrogen and oxygen atoms in total. The van der Waals surface area contributed by atoms with E-state index in [1.54, 1.807) is 0 Å². The molecule has 0 spiro atoms.